The lowest BCUT2D eigenvalue weighted by molar-refractivity contribution is -0.139. The third-order valence-corrected chi connectivity index (χ3v) is 4.25. The van der Waals surface area contributed by atoms with Crippen LogP contribution in [-0.2, 0) is 9.59 Å². The van der Waals surface area contributed by atoms with Gasteiger partial charge in [-0.25, -0.2) is 0 Å². The van der Waals surface area contributed by atoms with Crippen molar-refractivity contribution in [1.29, 1.82) is 0 Å². The Hall–Kier alpha value is -0.900. The van der Waals surface area contributed by atoms with E-state index >= 15 is 0 Å². The molecule has 3 aliphatic rings. The number of carbonyl (C=O) groups is 2. The molecular weight excluding hydrogens is 182 g/mol. The summed E-state index contributed by atoms with van der Waals surface area (Å²) in [6, 6.07) is 0. The first-order valence-corrected chi connectivity index (χ1v) is 5.12. The second-order valence-electron chi connectivity index (χ2n) is 4.68. The zero-order valence-corrected chi connectivity index (χ0v) is 8.01. The Morgan fingerprint density at radius 2 is 1.57 bits per heavy atom. The van der Waals surface area contributed by atoms with Gasteiger partial charge in [-0.3, -0.25) is 14.5 Å². The summed E-state index contributed by atoms with van der Waals surface area (Å²) in [5.41, 5.74) is 0. The Labute approximate surface area is 81.9 Å². The summed E-state index contributed by atoms with van der Waals surface area (Å²) in [7, 11) is 1.55. The van der Waals surface area contributed by atoms with Gasteiger partial charge in [-0.1, -0.05) is 0 Å². The number of aliphatic hydroxyl groups excluding tert-OH is 1. The number of likely N-dealkylation sites (tertiary alicyclic amines) is 1. The summed E-state index contributed by atoms with van der Waals surface area (Å²) in [6.07, 6.45) is 1.39. The first-order valence-electron chi connectivity index (χ1n) is 5.12. The number of fused-ring (bicyclic) bond motifs is 5. The zero-order valence-electron chi connectivity index (χ0n) is 8.01. The molecule has 1 unspecified atom stereocenters. The number of nitrogens with zero attached hydrogens (tertiary/aromatic N) is 1. The molecule has 1 N–H and O–H groups in total. The highest BCUT2D eigenvalue weighted by Crippen LogP contribution is 2.55. The number of aliphatic hydroxyl groups is 1. The summed E-state index contributed by atoms with van der Waals surface area (Å²) in [4.78, 5) is 24.7. The highest BCUT2D eigenvalue weighted by Gasteiger charge is 2.64. The van der Waals surface area contributed by atoms with Crippen LogP contribution in [0.2, 0.25) is 0 Å². The van der Waals surface area contributed by atoms with Gasteiger partial charge in [0.15, 0.2) is 0 Å². The molecule has 3 fully saturated rings. The molecule has 0 aromatic rings. The molecule has 2 amide bonds. The van der Waals surface area contributed by atoms with Gasteiger partial charge in [-0.05, 0) is 24.7 Å². The lowest BCUT2D eigenvalue weighted by Gasteiger charge is -2.18. The van der Waals surface area contributed by atoms with Crippen LogP contribution in [0.4, 0.5) is 0 Å². The predicted octanol–water partition coefficient (Wildman–Crippen LogP) is -0.382. The monoisotopic (exact) mass is 195 g/mol. The van der Waals surface area contributed by atoms with Gasteiger partial charge in [-0.2, -0.15) is 0 Å². The normalized spacial score (nSPS) is 50.4. The smallest absolute Gasteiger partial charge is 0.233 e. The van der Waals surface area contributed by atoms with Crippen molar-refractivity contribution < 1.29 is 14.7 Å². The van der Waals surface area contributed by atoms with Crippen molar-refractivity contribution in [3.63, 3.8) is 0 Å². The number of amides is 2. The molecule has 4 heteroatoms. The highest BCUT2D eigenvalue weighted by molar-refractivity contribution is 6.05. The van der Waals surface area contributed by atoms with Crippen LogP contribution in [0, 0.1) is 23.7 Å². The van der Waals surface area contributed by atoms with E-state index in [4.69, 9.17) is 0 Å². The van der Waals surface area contributed by atoms with Crippen molar-refractivity contribution in [3.8, 4) is 0 Å². The van der Waals surface area contributed by atoms with Crippen LogP contribution >= 0.6 is 0 Å². The van der Waals surface area contributed by atoms with Gasteiger partial charge in [0.1, 0.15) is 0 Å². The van der Waals surface area contributed by atoms with Crippen LogP contribution < -0.4 is 0 Å². The molecule has 2 aliphatic carbocycles. The molecule has 5 atom stereocenters. The van der Waals surface area contributed by atoms with Gasteiger partial charge in [0.25, 0.3) is 0 Å². The molecule has 14 heavy (non-hydrogen) atoms. The summed E-state index contributed by atoms with van der Waals surface area (Å²) in [5, 5.41) is 9.83. The third kappa shape index (κ3) is 0.704. The molecular formula is C10H13NO3. The number of rotatable bonds is 0. The Balaban J connectivity index is 2.04. The van der Waals surface area contributed by atoms with E-state index in [-0.39, 0.29) is 35.5 Å². The second-order valence-corrected chi connectivity index (χ2v) is 4.68. The molecule has 1 aliphatic heterocycles. The topological polar surface area (TPSA) is 57.6 Å². The molecule has 2 saturated carbocycles. The minimum absolute atomic E-state index is 0.0476. The highest BCUT2D eigenvalue weighted by atomic mass is 16.3. The summed E-state index contributed by atoms with van der Waals surface area (Å²) < 4.78 is 0. The van der Waals surface area contributed by atoms with Gasteiger partial charge in [0.05, 0.1) is 17.9 Å². The van der Waals surface area contributed by atoms with Crippen LogP contribution in [0.25, 0.3) is 0 Å². The van der Waals surface area contributed by atoms with Crippen molar-refractivity contribution >= 4 is 11.8 Å². The average molecular weight is 195 g/mol. The van der Waals surface area contributed by atoms with Crippen molar-refractivity contribution in [2.24, 2.45) is 23.7 Å². The van der Waals surface area contributed by atoms with Gasteiger partial charge >= 0.3 is 0 Å². The summed E-state index contributed by atoms with van der Waals surface area (Å²) in [5.74, 6) is -0.474. The molecule has 3 rings (SSSR count). The van der Waals surface area contributed by atoms with E-state index in [9.17, 15) is 14.7 Å². The zero-order chi connectivity index (χ0) is 10.0. The summed E-state index contributed by atoms with van der Waals surface area (Å²) in [6.45, 7) is 0. The standard InChI is InChI=1S/C10H13NO3/c1-11-9(13)6-4-2-3-5(8(4)12)7(6)10(11)14/h4-8,12H,2-3H2,1H3/t4-,5+,6-,7+,8?. The maximum absolute atomic E-state index is 11.7. The minimum Gasteiger partial charge on any atom is -0.392 e. The van der Waals surface area contributed by atoms with Gasteiger partial charge in [0.2, 0.25) is 11.8 Å². The molecule has 0 radical (unpaired) electrons. The molecule has 0 aromatic heterocycles. The maximum atomic E-state index is 11.7. The van der Waals surface area contributed by atoms with Gasteiger partial charge in [0, 0.05) is 7.05 Å². The lowest BCUT2D eigenvalue weighted by Crippen LogP contribution is -2.31. The fourth-order valence-corrected chi connectivity index (χ4v) is 3.59. The molecule has 2 bridgehead atoms. The largest absolute Gasteiger partial charge is 0.392 e. The van der Waals surface area contributed by atoms with Gasteiger partial charge in [-0.15, -0.1) is 0 Å². The predicted molar refractivity (Wildman–Crippen MR) is 47.0 cm³/mol. The first-order chi connectivity index (χ1) is 6.63. The van der Waals surface area contributed by atoms with E-state index in [0.717, 1.165) is 12.8 Å². The SMILES string of the molecule is CN1C(=O)[C@@H]2[C@H](C1=O)[C@H]1CC[C@@H]2C1O. The Morgan fingerprint density at radius 3 is 2.00 bits per heavy atom. The van der Waals surface area contributed by atoms with Crippen molar-refractivity contribution in [1.82, 2.24) is 4.90 Å². The van der Waals surface area contributed by atoms with Crippen LogP contribution in [0.3, 0.4) is 0 Å². The van der Waals surface area contributed by atoms with E-state index in [1.807, 2.05) is 0 Å². The molecule has 1 saturated heterocycles. The van der Waals surface area contributed by atoms with Gasteiger partial charge < -0.3 is 5.11 Å². The Kier molecular flexibility index (Phi) is 1.42. The fraction of sp³-hybridized carbons (Fsp3) is 0.800. The van der Waals surface area contributed by atoms with E-state index in [0.29, 0.717) is 0 Å². The van der Waals surface area contributed by atoms with Crippen molar-refractivity contribution in [2.45, 2.75) is 18.9 Å². The maximum Gasteiger partial charge on any atom is 0.233 e. The Bertz CT molecular complexity index is 297. The van der Waals surface area contributed by atoms with Crippen molar-refractivity contribution in [3.05, 3.63) is 0 Å². The van der Waals surface area contributed by atoms with Crippen LogP contribution in [-0.4, -0.2) is 35.0 Å². The van der Waals surface area contributed by atoms with Crippen LogP contribution in [0.1, 0.15) is 12.8 Å². The number of hydrogen-bond acceptors (Lipinski definition) is 3. The number of hydrogen-bond donors (Lipinski definition) is 1. The fourth-order valence-electron chi connectivity index (χ4n) is 3.59. The second kappa shape index (κ2) is 2.37. The first kappa shape index (κ1) is 8.41. The molecule has 4 nitrogen and oxygen atoms in total. The van der Waals surface area contributed by atoms with E-state index in [1.165, 1.54) is 4.90 Å². The molecule has 76 valence electrons. The van der Waals surface area contributed by atoms with E-state index in [1.54, 1.807) is 7.05 Å². The van der Waals surface area contributed by atoms with Crippen LogP contribution in [0.5, 0.6) is 0 Å². The average Bonchev–Trinajstić information content (AvgIpc) is 2.74. The van der Waals surface area contributed by atoms with E-state index in [2.05, 4.69) is 0 Å². The molecule has 1 heterocycles. The number of carbonyl (C=O) groups excluding carboxylic acids is 2. The minimum atomic E-state index is -0.411. The lowest BCUT2D eigenvalue weighted by atomic mass is 9.81. The summed E-state index contributed by atoms with van der Waals surface area (Å²) >= 11 is 0. The Morgan fingerprint density at radius 1 is 1.14 bits per heavy atom. The van der Waals surface area contributed by atoms with Crippen LogP contribution in [0.15, 0.2) is 0 Å². The van der Waals surface area contributed by atoms with E-state index < -0.39 is 6.10 Å². The van der Waals surface area contributed by atoms with Crippen molar-refractivity contribution in [2.75, 3.05) is 7.05 Å². The molecule has 0 aromatic carbocycles. The quantitative estimate of drug-likeness (QED) is 0.536. The third-order valence-electron chi connectivity index (χ3n) is 4.25. The number of imide groups is 1. The molecule has 0 spiro atoms.